The molecule has 0 saturated carbocycles. The number of ether oxygens (including phenoxy) is 1. The van der Waals surface area contributed by atoms with Crippen LogP contribution in [0.5, 0.6) is 5.75 Å². The lowest BCUT2D eigenvalue weighted by Gasteiger charge is -2.05. The Labute approximate surface area is 94.9 Å². The molecule has 1 heterocycles. The van der Waals surface area contributed by atoms with Gasteiger partial charge in [0.2, 0.25) is 5.43 Å². The molecule has 88 valence electrons. The molecule has 2 rings (SSSR count). The molecular weight excluding hydrogens is 227 g/mol. The molecule has 0 fully saturated rings. The van der Waals surface area contributed by atoms with Gasteiger partial charge in [0.05, 0.1) is 5.69 Å². The van der Waals surface area contributed by atoms with Crippen molar-refractivity contribution in [2.24, 2.45) is 0 Å². The molecule has 2 N–H and O–H groups in total. The van der Waals surface area contributed by atoms with E-state index >= 15 is 0 Å². The number of rotatable bonds is 3. The molecule has 1 aromatic carbocycles. The maximum absolute atomic E-state index is 12.6. The zero-order chi connectivity index (χ0) is 12.3. The van der Waals surface area contributed by atoms with Crippen LogP contribution < -0.4 is 15.7 Å². The third kappa shape index (κ3) is 2.81. The molecule has 0 atom stereocenters. The number of hydrogen-bond donors (Lipinski definition) is 2. The second-order valence-corrected chi connectivity index (χ2v) is 3.36. The summed E-state index contributed by atoms with van der Waals surface area (Å²) in [6.45, 7) is 0.0810. The van der Waals surface area contributed by atoms with Crippen molar-refractivity contribution in [2.75, 3.05) is 0 Å². The average molecular weight is 236 g/mol. The monoisotopic (exact) mass is 236 g/mol. The number of nitrogens with one attached hydrogen (secondary N) is 2. The van der Waals surface area contributed by atoms with E-state index in [9.17, 15) is 14.0 Å². The van der Waals surface area contributed by atoms with Crippen molar-refractivity contribution < 1.29 is 9.13 Å². The quantitative estimate of drug-likeness (QED) is 0.773. The number of aromatic amines is 2. The summed E-state index contributed by atoms with van der Waals surface area (Å²) in [4.78, 5) is 21.8. The fourth-order valence-electron chi connectivity index (χ4n) is 1.23. The summed E-state index contributed by atoms with van der Waals surface area (Å²) in [5.74, 6) is 0.119. The van der Waals surface area contributed by atoms with Crippen molar-refractivity contribution in [3.8, 4) is 5.75 Å². The molecule has 6 heteroatoms. The molecule has 0 aliphatic heterocycles. The standard InChI is InChI=1S/C11H9FN2O3/c12-7-1-3-9(4-2-7)17-6-8-5-10(15)11(16)14-13-8/h1-5H,6H2,(H,13,15)(H,14,16). The van der Waals surface area contributed by atoms with Crippen LogP contribution in [0.1, 0.15) is 5.69 Å². The van der Waals surface area contributed by atoms with E-state index in [1.807, 2.05) is 0 Å². The third-order valence-electron chi connectivity index (χ3n) is 2.07. The molecule has 0 unspecified atom stereocenters. The van der Waals surface area contributed by atoms with Gasteiger partial charge in [-0.15, -0.1) is 0 Å². The smallest absolute Gasteiger partial charge is 0.310 e. The minimum Gasteiger partial charge on any atom is -0.487 e. The van der Waals surface area contributed by atoms with Gasteiger partial charge in [-0.1, -0.05) is 0 Å². The minimum absolute atomic E-state index is 0.0810. The SMILES string of the molecule is O=c1cc(COc2ccc(F)cc2)[nH][nH]c1=O. The van der Waals surface area contributed by atoms with E-state index < -0.39 is 11.0 Å². The molecule has 1 aromatic heterocycles. The zero-order valence-corrected chi connectivity index (χ0v) is 8.70. The van der Waals surface area contributed by atoms with Gasteiger partial charge in [0.15, 0.2) is 0 Å². The van der Waals surface area contributed by atoms with Crippen LogP contribution in [0.15, 0.2) is 39.9 Å². The van der Waals surface area contributed by atoms with Crippen molar-refractivity contribution in [1.29, 1.82) is 0 Å². The largest absolute Gasteiger partial charge is 0.487 e. The summed E-state index contributed by atoms with van der Waals surface area (Å²) in [6, 6.07) is 6.64. The lowest BCUT2D eigenvalue weighted by atomic mass is 10.3. The number of aromatic nitrogens is 2. The Morgan fingerprint density at radius 2 is 1.82 bits per heavy atom. The van der Waals surface area contributed by atoms with Crippen LogP contribution in [0, 0.1) is 5.82 Å². The first kappa shape index (κ1) is 11.1. The Kier molecular flexibility index (Phi) is 3.04. The summed E-state index contributed by atoms with van der Waals surface area (Å²) in [5, 5.41) is 4.70. The highest BCUT2D eigenvalue weighted by Gasteiger charge is 1.99. The number of benzene rings is 1. The van der Waals surface area contributed by atoms with Gasteiger partial charge in [0.1, 0.15) is 18.2 Å². The van der Waals surface area contributed by atoms with Crippen molar-refractivity contribution in [1.82, 2.24) is 10.2 Å². The summed E-state index contributed by atoms with van der Waals surface area (Å²) >= 11 is 0. The summed E-state index contributed by atoms with van der Waals surface area (Å²) in [6.07, 6.45) is 0. The molecule has 0 aliphatic rings. The van der Waals surface area contributed by atoms with E-state index in [1.54, 1.807) is 0 Å². The fourth-order valence-corrected chi connectivity index (χ4v) is 1.23. The topological polar surface area (TPSA) is 75.0 Å². The van der Waals surface area contributed by atoms with Crippen LogP contribution in [-0.2, 0) is 6.61 Å². The average Bonchev–Trinajstić information content (AvgIpc) is 2.33. The summed E-state index contributed by atoms with van der Waals surface area (Å²) < 4.78 is 17.9. The summed E-state index contributed by atoms with van der Waals surface area (Å²) in [5.41, 5.74) is -0.920. The Morgan fingerprint density at radius 3 is 2.47 bits per heavy atom. The Bertz CT molecular complexity index is 616. The minimum atomic E-state index is -0.712. The van der Waals surface area contributed by atoms with Crippen molar-refractivity contribution in [3.05, 3.63) is 62.4 Å². The van der Waals surface area contributed by atoms with Gasteiger partial charge < -0.3 is 4.74 Å². The lowest BCUT2D eigenvalue weighted by Crippen LogP contribution is -2.28. The molecule has 0 amide bonds. The molecule has 0 radical (unpaired) electrons. The van der Waals surface area contributed by atoms with Gasteiger partial charge in [-0.05, 0) is 24.3 Å². The maximum atomic E-state index is 12.6. The Hall–Kier alpha value is -2.37. The summed E-state index contributed by atoms with van der Waals surface area (Å²) in [7, 11) is 0. The van der Waals surface area contributed by atoms with Gasteiger partial charge >= 0.3 is 5.56 Å². The first-order valence-electron chi connectivity index (χ1n) is 4.84. The Balaban J connectivity index is 2.07. The molecular formula is C11H9FN2O3. The molecule has 17 heavy (non-hydrogen) atoms. The van der Waals surface area contributed by atoms with E-state index in [1.165, 1.54) is 24.3 Å². The van der Waals surface area contributed by atoms with Crippen LogP contribution in [0.25, 0.3) is 0 Å². The van der Waals surface area contributed by atoms with Gasteiger partial charge in [0, 0.05) is 6.07 Å². The predicted octanol–water partition coefficient (Wildman–Crippen LogP) is 0.781. The van der Waals surface area contributed by atoms with Gasteiger partial charge in [-0.2, -0.15) is 0 Å². The fraction of sp³-hybridized carbons (Fsp3) is 0.0909. The van der Waals surface area contributed by atoms with E-state index in [4.69, 9.17) is 4.74 Å². The highest BCUT2D eigenvalue weighted by Crippen LogP contribution is 2.11. The van der Waals surface area contributed by atoms with Crippen LogP contribution in [-0.4, -0.2) is 10.2 Å². The highest BCUT2D eigenvalue weighted by atomic mass is 19.1. The second kappa shape index (κ2) is 4.65. The van der Waals surface area contributed by atoms with E-state index in [-0.39, 0.29) is 12.4 Å². The normalized spacial score (nSPS) is 10.2. The van der Waals surface area contributed by atoms with Gasteiger partial charge in [-0.25, -0.2) is 4.39 Å². The van der Waals surface area contributed by atoms with Crippen molar-refractivity contribution in [3.63, 3.8) is 0 Å². The number of H-pyrrole nitrogens is 2. The highest BCUT2D eigenvalue weighted by molar-refractivity contribution is 5.22. The van der Waals surface area contributed by atoms with Crippen molar-refractivity contribution >= 4 is 0 Å². The van der Waals surface area contributed by atoms with Crippen LogP contribution in [0.4, 0.5) is 4.39 Å². The van der Waals surface area contributed by atoms with E-state index in [0.717, 1.165) is 6.07 Å². The van der Waals surface area contributed by atoms with E-state index in [2.05, 4.69) is 10.2 Å². The molecule has 0 spiro atoms. The number of halogens is 1. The predicted molar refractivity (Wildman–Crippen MR) is 58.4 cm³/mol. The molecule has 5 nitrogen and oxygen atoms in total. The third-order valence-corrected chi connectivity index (χ3v) is 2.07. The van der Waals surface area contributed by atoms with Crippen LogP contribution in [0.3, 0.4) is 0 Å². The van der Waals surface area contributed by atoms with Gasteiger partial charge in [0.25, 0.3) is 0 Å². The number of hydrogen-bond acceptors (Lipinski definition) is 3. The first-order valence-corrected chi connectivity index (χ1v) is 4.84. The molecule has 2 aromatic rings. The molecule has 0 aliphatic carbocycles. The molecule has 0 saturated heterocycles. The maximum Gasteiger partial charge on any atom is 0.310 e. The molecule has 0 bridgehead atoms. The van der Waals surface area contributed by atoms with Gasteiger partial charge in [-0.3, -0.25) is 19.8 Å². The first-order chi connectivity index (χ1) is 8.15. The second-order valence-electron chi connectivity index (χ2n) is 3.36. The van der Waals surface area contributed by atoms with E-state index in [0.29, 0.717) is 11.4 Å². The van der Waals surface area contributed by atoms with Crippen molar-refractivity contribution in [2.45, 2.75) is 6.61 Å². The Morgan fingerprint density at radius 1 is 1.12 bits per heavy atom. The van der Waals surface area contributed by atoms with Crippen LogP contribution in [0.2, 0.25) is 0 Å². The zero-order valence-electron chi connectivity index (χ0n) is 8.70. The van der Waals surface area contributed by atoms with Crippen LogP contribution >= 0.6 is 0 Å². The lowest BCUT2D eigenvalue weighted by molar-refractivity contribution is 0.299.